The molecule has 4 aromatic rings. The number of carbonyl (C=O) groups excluding carboxylic acids is 3. The summed E-state index contributed by atoms with van der Waals surface area (Å²) in [7, 11) is 1.55. The molecule has 0 radical (unpaired) electrons. The predicted octanol–water partition coefficient (Wildman–Crippen LogP) is 2.13. The van der Waals surface area contributed by atoms with Gasteiger partial charge < -0.3 is 20.4 Å². The number of amides is 3. The average molecular weight is 580 g/mol. The van der Waals surface area contributed by atoms with Gasteiger partial charge in [-0.3, -0.25) is 24.4 Å². The first-order valence-corrected chi connectivity index (χ1v) is 14.6. The molecule has 3 N–H and O–H groups in total. The molecule has 12 heteroatoms. The van der Waals surface area contributed by atoms with Gasteiger partial charge in [0.25, 0.3) is 5.91 Å². The molecule has 0 aliphatic carbocycles. The summed E-state index contributed by atoms with van der Waals surface area (Å²) < 4.78 is 0. The normalized spacial score (nSPS) is 21.5. The van der Waals surface area contributed by atoms with E-state index in [1.165, 1.54) is 0 Å². The van der Waals surface area contributed by atoms with Gasteiger partial charge in [0.05, 0.1) is 24.0 Å². The highest BCUT2D eigenvalue weighted by molar-refractivity contribution is 6.06. The summed E-state index contributed by atoms with van der Waals surface area (Å²) in [5.41, 5.74) is 3.76. The van der Waals surface area contributed by atoms with Gasteiger partial charge in [-0.25, -0.2) is 9.97 Å². The Balaban J connectivity index is 0.915. The standard InChI is InChI=1S/C31H33N9O3/c1-32-31(43)28-25-13-21(5-8-26(25)36-37-28)35-30(42)20-9-12-38(15-20)18-27(41)40-17-23-14-24(40)16-39(23)22-6-3-19(4-7-22)29-33-10-2-11-34-29/h2-8,10-11,13,20,23-24H,9,12,14-18H2,1H3,(H,32,43)(H,35,42)(H,36,37)/t20-,23-,24+/m1/s1. The van der Waals surface area contributed by atoms with Crippen molar-refractivity contribution in [2.45, 2.75) is 24.9 Å². The zero-order chi connectivity index (χ0) is 29.5. The van der Waals surface area contributed by atoms with E-state index in [0.717, 1.165) is 36.3 Å². The lowest BCUT2D eigenvalue weighted by molar-refractivity contribution is -0.133. The minimum Gasteiger partial charge on any atom is -0.365 e. The Morgan fingerprint density at radius 2 is 1.81 bits per heavy atom. The third-order valence-corrected chi connectivity index (χ3v) is 8.86. The number of hydrogen-bond acceptors (Lipinski definition) is 8. The Hall–Kier alpha value is -4.84. The number of nitrogens with one attached hydrogen (secondary N) is 3. The Kier molecular flexibility index (Phi) is 6.98. The summed E-state index contributed by atoms with van der Waals surface area (Å²) in [4.78, 5) is 53.7. The highest BCUT2D eigenvalue weighted by Gasteiger charge is 2.45. The van der Waals surface area contributed by atoms with Crippen molar-refractivity contribution in [3.05, 3.63) is 66.6 Å². The van der Waals surface area contributed by atoms with Crippen molar-refractivity contribution in [1.29, 1.82) is 0 Å². The third-order valence-electron chi connectivity index (χ3n) is 8.86. The van der Waals surface area contributed by atoms with Crippen LogP contribution in [0.4, 0.5) is 11.4 Å². The molecule has 43 heavy (non-hydrogen) atoms. The smallest absolute Gasteiger partial charge is 0.272 e. The van der Waals surface area contributed by atoms with Crippen LogP contribution < -0.4 is 15.5 Å². The first kappa shape index (κ1) is 27.0. The van der Waals surface area contributed by atoms with Crippen molar-refractivity contribution >= 4 is 40.0 Å². The fourth-order valence-corrected chi connectivity index (χ4v) is 6.64. The van der Waals surface area contributed by atoms with Gasteiger partial charge in [0.15, 0.2) is 11.5 Å². The number of H-pyrrole nitrogens is 1. The van der Waals surface area contributed by atoms with Crippen LogP contribution in [0, 0.1) is 5.92 Å². The number of fused-ring (bicyclic) bond motifs is 3. The summed E-state index contributed by atoms with van der Waals surface area (Å²) in [6, 6.07) is 16.0. The van der Waals surface area contributed by atoms with Crippen LogP contribution in [0.15, 0.2) is 60.9 Å². The molecule has 3 amide bonds. The van der Waals surface area contributed by atoms with E-state index in [9.17, 15) is 14.4 Å². The maximum Gasteiger partial charge on any atom is 0.272 e. The van der Waals surface area contributed by atoms with E-state index in [4.69, 9.17) is 0 Å². The molecule has 0 saturated carbocycles. The molecule has 0 unspecified atom stereocenters. The first-order chi connectivity index (χ1) is 21.0. The van der Waals surface area contributed by atoms with Crippen molar-refractivity contribution in [3.63, 3.8) is 0 Å². The van der Waals surface area contributed by atoms with E-state index in [1.807, 2.05) is 11.0 Å². The van der Waals surface area contributed by atoms with Crippen molar-refractivity contribution in [1.82, 2.24) is 35.3 Å². The monoisotopic (exact) mass is 579 g/mol. The van der Waals surface area contributed by atoms with Gasteiger partial charge >= 0.3 is 0 Å². The fourth-order valence-electron chi connectivity index (χ4n) is 6.64. The maximum atomic E-state index is 13.3. The molecular weight excluding hydrogens is 546 g/mol. The highest BCUT2D eigenvalue weighted by Crippen LogP contribution is 2.35. The van der Waals surface area contributed by atoms with E-state index in [1.54, 1.807) is 37.6 Å². The number of nitrogens with zero attached hydrogens (tertiary/aromatic N) is 6. The number of anilines is 2. The predicted molar refractivity (Wildman–Crippen MR) is 161 cm³/mol. The summed E-state index contributed by atoms with van der Waals surface area (Å²) >= 11 is 0. The van der Waals surface area contributed by atoms with Crippen LogP contribution in [-0.4, -0.2) is 99.5 Å². The second kappa shape index (κ2) is 11.1. The highest BCUT2D eigenvalue weighted by atomic mass is 16.2. The molecule has 5 heterocycles. The van der Waals surface area contributed by atoms with Crippen molar-refractivity contribution in [3.8, 4) is 11.4 Å². The Morgan fingerprint density at radius 3 is 2.56 bits per heavy atom. The fraction of sp³-hybridized carbons (Fsp3) is 0.355. The van der Waals surface area contributed by atoms with Crippen molar-refractivity contribution in [2.24, 2.45) is 5.92 Å². The van der Waals surface area contributed by atoms with Gasteiger partial charge in [0.2, 0.25) is 11.8 Å². The summed E-state index contributed by atoms with van der Waals surface area (Å²) in [5.74, 6) is 0.262. The second-order valence-corrected chi connectivity index (χ2v) is 11.5. The van der Waals surface area contributed by atoms with Gasteiger partial charge in [-0.2, -0.15) is 5.10 Å². The minimum atomic E-state index is -0.294. The third kappa shape index (κ3) is 5.18. The zero-order valence-electron chi connectivity index (χ0n) is 23.9. The molecule has 3 aliphatic heterocycles. The zero-order valence-corrected chi connectivity index (χ0v) is 23.9. The maximum absolute atomic E-state index is 13.3. The Labute approximate surface area is 248 Å². The molecule has 2 bridgehead atoms. The molecule has 3 atom stereocenters. The number of hydrogen-bond donors (Lipinski definition) is 3. The van der Waals surface area contributed by atoms with E-state index in [-0.39, 0.29) is 35.4 Å². The van der Waals surface area contributed by atoms with Gasteiger partial charge in [-0.15, -0.1) is 0 Å². The van der Waals surface area contributed by atoms with Crippen LogP contribution in [0.3, 0.4) is 0 Å². The quantitative estimate of drug-likeness (QED) is 0.303. The summed E-state index contributed by atoms with van der Waals surface area (Å²) in [6.45, 7) is 3.12. The summed E-state index contributed by atoms with van der Waals surface area (Å²) in [5, 5.41) is 13.1. The number of aromatic nitrogens is 4. The summed E-state index contributed by atoms with van der Waals surface area (Å²) in [6.07, 6.45) is 5.16. The molecule has 7 rings (SSSR count). The minimum absolute atomic E-state index is 0.0833. The van der Waals surface area contributed by atoms with E-state index >= 15 is 0 Å². The topological polar surface area (TPSA) is 139 Å². The molecule has 2 aromatic carbocycles. The number of carbonyl (C=O) groups is 3. The molecule has 3 saturated heterocycles. The van der Waals surface area contributed by atoms with Crippen LogP contribution in [-0.2, 0) is 9.59 Å². The molecule has 12 nitrogen and oxygen atoms in total. The van der Waals surface area contributed by atoms with Crippen molar-refractivity contribution < 1.29 is 14.4 Å². The lowest BCUT2D eigenvalue weighted by Crippen LogP contribution is -2.51. The van der Waals surface area contributed by atoms with Gasteiger partial charge in [0, 0.05) is 67.4 Å². The van der Waals surface area contributed by atoms with Gasteiger partial charge in [-0.1, -0.05) is 0 Å². The number of rotatable bonds is 7. The van der Waals surface area contributed by atoms with Gasteiger partial charge in [0.1, 0.15) is 0 Å². The van der Waals surface area contributed by atoms with E-state index in [2.05, 4.69) is 64.9 Å². The molecule has 220 valence electrons. The Bertz CT molecular complexity index is 1670. The first-order valence-electron chi connectivity index (χ1n) is 14.6. The van der Waals surface area contributed by atoms with E-state index < -0.39 is 0 Å². The lowest BCUT2D eigenvalue weighted by Gasteiger charge is -2.36. The second-order valence-electron chi connectivity index (χ2n) is 11.5. The van der Waals surface area contributed by atoms with Crippen LogP contribution in [0.2, 0.25) is 0 Å². The largest absolute Gasteiger partial charge is 0.365 e. The number of piperazine rings is 1. The molecule has 3 aliphatic rings. The van der Waals surface area contributed by atoms with Crippen LogP contribution in [0.25, 0.3) is 22.3 Å². The number of likely N-dealkylation sites (tertiary alicyclic amines) is 2. The van der Waals surface area contributed by atoms with Gasteiger partial charge in [-0.05, 0) is 67.9 Å². The molecular formula is C31H33N9O3. The molecule has 0 spiro atoms. The number of benzene rings is 2. The van der Waals surface area contributed by atoms with Crippen LogP contribution >= 0.6 is 0 Å². The van der Waals surface area contributed by atoms with Crippen molar-refractivity contribution in [2.75, 3.05) is 50.0 Å². The number of aromatic amines is 1. The average Bonchev–Trinajstić information content (AvgIpc) is 3.85. The Morgan fingerprint density at radius 1 is 1.00 bits per heavy atom. The van der Waals surface area contributed by atoms with Crippen LogP contribution in [0.5, 0.6) is 0 Å². The SMILES string of the molecule is CNC(=O)c1n[nH]c2ccc(NC(=O)[C@@H]3CCN(CC(=O)N4C[C@H]5C[C@H]4CN5c4ccc(-c5ncccn5)cc4)C3)cc12. The molecule has 2 aromatic heterocycles. The lowest BCUT2D eigenvalue weighted by atomic mass is 10.1. The van der Waals surface area contributed by atoms with Crippen LogP contribution in [0.1, 0.15) is 23.3 Å². The molecule has 3 fully saturated rings. The van der Waals surface area contributed by atoms with E-state index in [0.29, 0.717) is 49.0 Å².